The molecule has 0 saturated heterocycles. The molecule has 84 valence electrons. The molecule has 0 bridgehead atoms. The van der Waals surface area contributed by atoms with Crippen molar-refractivity contribution < 1.29 is 22.9 Å². The summed E-state index contributed by atoms with van der Waals surface area (Å²) in [6.07, 6.45) is 2.13. The van der Waals surface area contributed by atoms with E-state index in [1.165, 1.54) is 11.8 Å². The molecule has 0 radical (unpaired) electrons. The third-order valence-electron chi connectivity index (χ3n) is 1.42. The number of carboxylic acids is 1. The molecule has 1 atom stereocenters. The van der Waals surface area contributed by atoms with Crippen molar-refractivity contribution in [2.24, 2.45) is 0 Å². The van der Waals surface area contributed by atoms with Gasteiger partial charge in [0.1, 0.15) is 11.9 Å². The van der Waals surface area contributed by atoms with E-state index in [0.717, 1.165) is 0 Å². The molecule has 14 heavy (non-hydrogen) atoms. The molecule has 0 saturated carbocycles. The van der Waals surface area contributed by atoms with Gasteiger partial charge in [0.15, 0.2) is 0 Å². The number of aliphatic carboxylic acids is 1. The predicted octanol–water partition coefficient (Wildman–Crippen LogP) is -0.372. The minimum Gasteiger partial charge on any atom is -0.480 e. The third kappa shape index (κ3) is 7.13. The van der Waals surface area contributed by atoms with Crippen molar-refractivity contribution in [3.05, 3.63) is 0 Å². The van der Waals surface area contributed by atoms with E-state index in [2.05, 4.69) is 5.32 Å². The summed E-state index contributed by atoms with van der Waals surface area (Å²) in [4.78, 5) is 10.6. The molecule has 0 aliphatic carbocycles. The highest BCUT2D eigenvalue weighted by Gasteiger charge is 2.18. The average molecular weight is 243 g/mol. The van der Waals surface area contributed by atoms with Crippen LogP contribution in [0.15, 0.2) is 0 Å². The number of carbonyl (C=O) groups is 1. The van der Waals surface area contributed by atoms with E-state index < -0.39 is 28.0 Å². The average Bonchev–Trinajstić information content (AvgIpc) is 2.01. The summed E-state index contributed by atoms with van der Waals surface area (Å²) in [5.74, 6) is -1.25. The number of hydrogen-bond donors (Lipinski definition) is 3. The Kier molecular flexibility index (Phi) is 6.09. The van der Waals surface area contributed by atoms with Gasteiger partial charge < -0.3 is 5.11 Å². The molecular formula is C6H13NO5S2. The molecule has 0 fully saturated rings. The highest BCUT2D eigenvalue weighted by atomic mass is 32.2. The first-order valence-corrected chi connectivity index (χ1v) is 6.77. The van der Waals surface area contributed by atoms with Crippen LogP contribution in [0.25, 0.3) is 0 Å². The van der Waals surface area contributed by atoms with Gasteiger partial charge in [0.05, 0.1) is 0 Å². The van der Waals surface area contributed by atoms with Crippen LogP contribution < -0.4 is 5.32 Å². The van der Waals surface area contributed by atoms with Crippen molar-refractivity contribution in [2.75, 3.05) is 17.9 Å². The Morgan fingerprint density at radius 3 is 2.50 bits per heavy atom. The van der Waals surface area contributed by atoms with Crippen molar-refractivity contribution in [1.29, 1.82) is 0 Å². The smallest absolute Gasteiger partial charge is 0.320 e. The summed E-state index contributed by atoms with van der Waals surface area (Å²) >= 11 is 1.47. The standard InChI is InChI=1S/C6H13NO5S2/c1-13-3-2-5(6(8)9)7-4-14(10,11)12/h5,7H,2-4H2,1H3,(H,8,9)(H,10,11,12). The lowest BCUT2D eigenvalue weighted by Gasteiger charge is -2.11. The Hall–Kier alpha value is -0.310. The van der Waals surface area contributed by atoms with E-state index in [1.54, 1.807) is 0 Å². The molecule has 0 heterocycles. The molecule has 0 aliphatic rings. The summed E-state index contributed by atoms with van der Waals surface area (Å²) in [5, 5.41) is 10.9. The second kappa shape index (κ2) is 6.23. The second-order valence-corrected chi connectivity index (χ2v) is 5.04. The topological polar surface area (TPSA) is 104 Å². The third-order valence-corrected chi connectivity index (χ3v) is 2.60. The Bertz CT molecular complexity index is 276. The maximum atomic E-state index is 10.6. The molecule has 8 heteroatoms. The van der Waals surface area contributed by atoms with Crippen LogP contribution >= 0.6 is 11.8 Å². The van der Waals surface area contributed by atoms with Crippen LogP contribution in [0.3, 0.4) is 0 Å². The maximum Gasteiger partial charge on any atom is 0.320 e. The SMILES string of the molecule is CSCCC(NCS(=O)(=O)O)C(=O)O. The van der Waals surface area contributed by atoms with Gasteiger partial charge in [-0.25, -0.2) is 0 Å². The fourth-order valence-corrected chi connectivity index (χ4v) is 1.64. The Morgan fingerprint density at radius 1 is 1.57 bits per heavy atom. The van der Waals surface area contributed by atoms with E-state index in [1.807, 2.05) is 6.26 Å². The van der Waals surface area contributed by atoms with E-state index in [-0.39, 0.29) is 0 Å². The molecule has 0 aromatic rings. The Balaban J connectivity index is 4.04. The van der Waals surface area contributed by atoms with Gasteiger partial charge in [0.25, 0.3) is 10.1 Å². The van der Waals surface area contributed by atoms with Crippen LogP contribution in [0.1, 0.15) is 6.42 Å². The Morgan fingerprint density at radius 2 is 2.14 bits per heavy atom. The van der Waals surface area contributed by atoms with Crippen LogP contribution in [0.5, 0.6) is 0 Å². The molecule has 0 spiro atoms. The fraction of sp³-hybridized carbons (Fsp3) is 0.833. The van der Waals surface area contributed by atoms with Gasteiger partial charge >= 0.3 is 5.97 Å². The molecule has 0 aromatic carbocycles. The number of thioether (sulfide) groups is 1. The van der Waals surface area contributed by atoms with Crippen LogP contribution in [0, 0.1) is 0 Å². The highest BCUT2D eigenvalue weighted by Crippen LogP contribution is 2.01. The van der Waals surface area contributed by atoms with Crippen LogP contribution in [0.4, 0.5) is 0 Å². The van der Waals surface area contributed by atoms with E-state index in [9.17, 15) is 13.2 Å². The van der Waals surface area contributed by atoms with E-state index in [0.29, 0.717) is 12.2 Å². The summed E-state index contributed by atoms with van der Waals surface area (Å²) in [5.41, 5.74) is 0. The zero-order chi connectivity index (χ0) is 11.2. The first-order valence-electron chi connectivity index (χ1n) is 3.77. The Labute approximate surface area is 86.8 Å². The monoisotopic (exact) mass is 243 g/mol. The normalized spacial score (nSPS) is 13.9. The largest absolute Gasteiger partial charge is 0.480 e. The molecule has 0 amide bonds. The molecule has 0 aliphatic heterocycles. The van der Waals surface area contributed by atoms with Crippen LogP contribution in [-0.2, 0) is 14.9 Å². The van der Waals surface area contributed by atoms with Gasteiger partial charge in [-0.2, -0.15) is 20.2 Å². The first kappa shape index (κ1) is 13.7. The lowest BCUT2D eigenvalue weighted by molar-refractivity contribution is -0.139. The first-order chi connectivity index (χ1) is 6.37. The molecule has 3 N–H and O–H groups in total. The van der Waals surface area contributed by atoms with Crippen molar-refractivity contribution in [3.8, 4) is 0 Å². The van der Waals surface area contributed by atoms with Gasteiger partial charge in [0, 0.05) is 0 Å². The van der Waals surface area contributed by atoms with Crippen molar-refractivity contribution >= 4 is 27.8 Å². The lowest BCUT2D eigenvalue weighted by Crippen LogP contribution is -2.39. The number of rotatable bonds is 7. The quantitative estimate of drug-likeness (QED) is 0.524. The fourth-order valence-electron chi connectivity index (χ4n) is 0.754. The van der Waals surface area contributed by atoms with Gasteiger partial charge in [-0.05, 0) is 18.4 Å². The molecular weight excluding hydrogens is 230 g/mol. The summed E-state index contributed by atoms with van der Waals surface area (Å²) in [6, 6.07) is -0.940. The number of nitrogens with one attached hydrogen (secondary N) is 1. The number of carboxylic acid groups (broad SMARTS) is 1. The van der Waals surface area contributed by atoms with Crippen LogP contribution in [0.2, 0.25) is 0 Å². The molecule has 6 nitrogen and oxygen atoms in total. The number of hydrogen-bond acceptors (Lipinski definition) is 5. The summed E-state index contributed by atoms with van der Waals surface area (Å²) < 4.78 is 29.0. The zero-order valence-electron chi connectivity index (χ0n) is 7.63. The lowest BCUT2D eigenvalue weighted by atomic mass is 10.2. The van der Waals surface area contributed by atoms with Gasteiger partial charge in [-0.3, -0.25) is 14.7 Å². The molecule has 0 aromatic heterocycles. The van der Waals surface area contributed by atoms with Crippen LogP contribution in [-0.4, -0.2) is 48.0 Å². The van der Waals surface area contributed by atoms with Gasteiger partial charge in [-0.1, -0.05) is 0 Å². The highest BCUT2D eigenvalue weighted by molar-refractivity contribution is 7.98. The zero-order valence-corrected chi connectivity index (χ0v) is 9.27. The molecule has 0 rings (SSSR count). The van der Waals surface area contributed by atoms with E-state index >= 15 is 0 Å². The second-order valence-electron chi connectivity index (χ2n) is 2.60. The van der Waals surface area contributed by atoms with Gasteiger partial charge in [-0.15, -0.1) is 0 Å². The maximum absolute atomic E-state index is 10.6. The van der Waals surface area contributed by atoms with Crippen molar-refractivity contribution in [2.45, 2.75) is 12.5 Å². The van der Waals surface area contributed by atoms with Crippen molar-refractivity contribution in [1.82, 2.24) is 5.32 Å². The van der Waals surface area contributed by atoms with Crippen molar-refractivity contribution in [3.63, 3.8) is 0 Å². The summed E-state index contributed by atoms with van der Waals surface area (Å²) in [7, 11) is -4.16. The summed E-state index contributed by atoms with van der Waals surface area (Å²) in [6.45, 7) is 0. The minimum absolute atomic E-state index is 0.312. The predicted molar refractivity (Wildman–Crippen MR) is 54.0 cm³/mol. The minimum atomic E-state index is -4.16. The van der Waals surface area contributed by atoms with E-state index in [4.69, 9.17) is 9.66 Å². The van der Waals surface area contributed by atoms with Gasteiger partial charge in [0.2, 0.25) is 0 Å². The molecule has 1 unspecified atom stereocenters.